The maximum absolute atomic E-state index is 13.2. The molecule has 1 aliphatic rings. The van der Waals surface area contributed by atoms with E-state index in [0.717, 1.165) is 23.1 Å². The van der Waals surface area contributed by atoms with Crippen molar-refractivity contribution >= 4 is 23.2 Å². The molecule has 0 aliphatic carbocycles. The van der Waals surface area contributed by atoms with Crippen LogP contribution in [0.15, 0.2) is 59.9 Å². The molecule has 0 radical (unpaired) electrons. The molecule has 0 bridgehead atoms. The fourth-order valence-corrected chi connectivity index (χ4v) is 3.70. The first-order valence-corrected chi connectivity index (χ1v) is 9.73. The summed E-state index contributed by atoms with van der Waals surface area (Å²) in [7, 11) is 1.70. The summed E-state index contributed by atoms with van der Waals surface area (Å²) in [5, 5.41) is 2.77. The zero-order valence-corrected chi connectivity index (χ0v) is 17.2. The van der Waals surface area contributed by atoms with Crippen molar-refractivity contribution in [2.45, 2.75) is 25.6 Å². The van der Waals surface area contributed by atoms with Gasteiger partial charge in [-0.15, -0.1) is 0 Å². The molecule has 0 fully saturated rings. The van der Waals surface area contributed by atoms with Crippen LogP contribution in [0.2, 0.25) is 5.02 Å². The maximum Gasteiger partial charge on any atom is 0.417 e. The Morgan fingerprint density at radius 2 is 1.80 bits per heavy atom. The Kier molecular flexibility index (Phi) is 6.58. The standard InChI is InChI=1S/C21H22ClF3N4O/c1-13-11-17(27-14-7-4-3-5-8-14)18(28-26-2)12-29(13)20(30)15-9-6-10-16(19(15)22)21(23,24)25/h3-10,13,26-28H,11-12H2,1-2H3. The third-order valence-corrected chi connectivity index (χ3v) is 5.27. The number of hydrogen-bond acceptors (Lipinski definition) is 4. The van der Waals surface area contributed by atoms with Crippen molar-refractivity contribution in [2.24, 2.45) is 0 Å². The normalized spacial score (nSPS) is 17.1. The van der Waals surface area contributed by atoms with Gasteiger partial charge in [0, 0.05) is 30.9 Å². The van der Waals surface area contributed by atoms with Gasteiger partial charge in [-0.25, -0.2) is 5.43 Å². The topological polar surface area (TPSA) is 56.4 Å². The van der Waals surface area contributed by atoms with Crippen LogP contribution in [0.25, 0.3) is 0 Å². The minimum Gasteiger partial charge on any atom is -0.357 e. The van der Waals surface area contributed by atoms with Gasteiger partial charge in [-0.3, -0.25) is 4.79 Å². The molecule has 1 unspecified atom stereocenters. The van der Waals surface area contributed by atoms with E-state index in [0.29, 0.717) is 6.42 Å². The van der Waals surface area contributed by atoms with E-state index < -0.39 is 22.7 Å². The van der Waals surface area contributed by atoms with Crippen LogP contribution in [-0.4, -0.2) is 30.4 Å². The molecule has 2 aromatic rings. The lowest BCUT2D eigenvalue weighted by Crippen LogP contribution is -2.48. The third kappa shape index (κ3) is 4.71. The molecule has 1 amide bonds. The molecule has 0 saturated carbocycles. The van der Waals surface area contributed by atoms with Crippen molar-refractivity contribution in [3.05, 3.63) is 76.1 Å². The molecule has 5 nitrogen and oxygen atoms in total. The predicted octanol–water partition coefficient (Wildman–Crippen LogP) is 4.64. The molecular formula is C21H22ClF3N4O. The van der Waals surface area contributed by atoms with E-state index in [-0.39, 0.29) is 18.2 Å². The number of amides is 1. The SMILES string of the molecule is CNNC1=C(Nc2ccccc2)CC(C)N(C(=O)c2cccc(C(F)(F)F)c2Cl)C1. The van der Waals surface area contributed by atoms with Crippen molar-refractivity contribution in [3.63, 3.8) is 0 Å². The van der Waals surface area contributed by atoms with Crippen LogP contribution in [0.1, 0.15) is 29.3 Å². The van der Waals surface area contributed by atoms with Gasteiger partial charge in [0.1, 0.15) is 0 Å². The van der Waals surface area contributed by atoms with Gasteiger partial charge < -0.3 is 15.6 Å². The summed E-state index contributed by atoms with van der Waals surface area (Å²) < 4.78 is 39.6. The summed E-state index contributed by atoms with van der Waals surface area (Å²) in [5.41, 5.74) is 7.19. The van der Waals surface area contributed by atoms with Crippen LogP contribution in [0.5, 0.6) is 0 Å². The number of alkyl halides is 3. The molecule has 2 aromatic carbocycles. The average Bonchev–Trinajstić information content (AvgIpc) is 2.69. The second-order valence-electron chi connectivity index (χ2n) is 6.97. The molecule has 1 aliphatic heterocycles. The van der Waals surface area contributed by atoms with Crippen molar-refractivity contribution in [2.75, 3.05) is 18.9 Å². The highest BCUT2D eigenvalue weighted by molar-refractivity contribution is 6.34. The first-order chi connectivity index (χ1) is 14.2. The highest BCUT2D eigenvalue weighted by Gasteiger charge is 2.36. The van der Waals surface area contributed by atoms with Gasteiger partial charge in [-0.2, -0.15) is 13.2 Å². The number of anilines is 1. The third-order valence-electron chi connectivity index (χ3n) is 4.86. The minimum absolute atomic E-state index is 0.165. The molecule has 3 N–H and O–H groups in total. The predicted molar refractivity (Wildman–Crippen MR) is 111 cm³/mol. The van der Waals surface area contributed by atoms with Crippen LogP contribution in [0.4, 0.5) is 18.9 Å². The van der Waals surface area contributed by atoms with E-state index in [1.807, 2.05) is 37.3 Å². The van der Waals surface area contributed by atoms with Crippen molar-refractivity contribution in [3.8, 4) is 0 Å². The zero-order valence-electron chi connectivity index (χ0n) is 16.5. The fourth-order valence-electron chi connectivity index (χ4n) is 3.38. The van der Waals surface area contributed by atoms with Crippen LogP contribution in [-0.2, 0) is 6.18 Å². The van der Waals surface area contributed by atoms with Gasteiger partial charge in [0.05, 0.1) is 28.4 Å². The number of hydrogen-bond donors (Lipinski definition) is 3. The highest BCUT2D eigenvalue weighted by atomic mass is 35.5. The molecule has 3 rings (SSSR count). The summed E-state index contributed by atoms with van der Waals surface area (Å²) in [6.07, 6.45) is -4.15. The average molecular weight is 439 g/mol. The Hall–Kier alpha value is -2.71. The molecule has 0 saturated heterocycles. The number of carbonyl (C=O) groups is 1. The second-order valence-corrected chi connectivity index (χ2v) is 7.35. The van der Waals surface area contributed by atoms with Crippen LogP contribution >= 0.6 is 11.6 Å². The molecular weight excluding hydrogens is 417 g/mol. The van der Waals surface area contributed by atoms with Gasteiger partial charge in [0.15, 0.2) is 0 Å². The summed E-state index contributed by atoms with van der Waals surface area (Å²) >= 11 is 5.97. The molecule has 1 atom stereocenters. The zero-order chi connectivity index (χ0) is 21.9. The Morgan fingerprint density at radius 1 is 1.10 bits per heavy atom. The van der Waals surface area contributed by atoms with Crippen LogP contribution < -0.4 is 16.2 Å². The number of nitrogens with one attached hydrogen (secondary N) is 3. The number of hydrazine groups is 1. The number of para-hydroxylation sites is 1. The fraction of sp³-hybridized carbons (Fsp3) is 0.286. The molecule has 1 heterocycles. The Bertz CT molecular complexity index is 947. The number of nitrogens with zero attached hydrogens (tertiary/aromatic N) is 1. The van der Waals surface area contributed by atoms with Gasteiger partial charge in [-0.1, -0.05) is 35.9 Å². The van der Waals surface area contributed by atoms with Gasteiger partial charge in [0.25, 0.3) is 5.91 Å². The van der Waals surface area contributed by atoms with Crippen molar-refractivity contribution < 1.29 is 18.0 Å². The molecule has 30 heavy (non-hydrogen) atoms. The monoisotopic (exact) mass is 438 g/mol. The first kappa shape index (κ1) is 22.0. The number of rotatable bonds is 5. The smallest absolute Gasteiger partial charge is 0.357 e. The quantitative estimate of drug-likeness (QED) is 0.595. The minimum atomic E-state index is -4.63. The Labute approximate surface area is 177 Å². The number of halogens is 4. The summed E-state index contributed by atoms with van der Waals surface area (Å²) in [4.78, 5) is 14.6. The highest BCUT2D eigenvalue weighted by Crippen LogP contribution is 2.37. The van der Waals surface area contributed by atoms with Crippen LogP contribution in [0, 0.1) is 0 Å². The first-order valence-electron chi connectivity index (χ1n) is 9.36. The lowest BCUT2D eigenvalue weighted by atomic mass is 10.0. The van der Waals surface area contributed by atoms with E-state index in [1.54, 1.807) is 7.05 Å². The Morgan fingerprint density at radius 3 is 2.43 bits per heavy atom. The summed E-state index contributed by atoms with van der Waals surface area (Å²) in [6.45, 7) is 2.03. The van der Waals surface area contributed by atoms with E-state index in [9.17, 15) is 18.0 Å². The van der Waals surface area contributed by atoms with E-state index in [1.165, 1.54) is 17.0 Å². The Balaban J connectivity index is 1.90. The molecule has 0 aromatic heterocycles. The summed E-state index contributed by atoms with van der Waals surface area (Å²) in [6, 6.07) is 12.7. The maximum atomic E-state index is 13.2. The van der Waals surface area contributed by atoms with Crippen molar-refractivity contribution in [1.82, 2.24) is 15.8 Å². The lowest BCUT2D eigenvalue weighted by molar-refractivity contribution is -0.137. The molecule has 9 heteroatoms. The number of carbonyl (C=O) groups excluding carboxylic acids is 1. The van der Waals surface area contributed by atoms with Crippen molar-refractivity contribution in [1.29, 1.82) is 0 Å². The van der Waals surface area contributed by atoms with E-state index in [4.69, 9.17) is 11.6 Å². The van der Waals surface area contributed by atoms with Gasteiger partial charge in [0.2, 0.25) is 0 Å². The van der Waals surface area contributed by atoms with Gasteiger partial charge >= 0.3 is 6.18 Å². The van der Waals surface area contributed by atoms with E-state index >= 15 is 0 Å². The lowest BCUT2D eigenvalue weighted by Gasteiger charge is -2.37. The largest absolute Gasteiger partial charge is 0.417 e. The van der Waals surface area contributed by atoms with E-state index in [2.05, 4.69) is 16.2 Å². The van der Waals surface area contributed by atoms with Gasteiger partial charge in [-0.05, 0) is 31.2 Å². The number of benzene rings is 2. The summed E-state index contributed by atoms with van der Waals surface area (Å²) in [5.74, 6) is -0.548. The van der Waals surface area contributed by atoms with Crippen LogP contribution in [0.3, 0.4) is 0 Å². The molecule has 0 spiro atoms. The second kappa shape index (κ2) is 8.97. The molecule has 160 valence electrons.